The average molecular weight is 431 g/mol. The molecule has 1 saturated heterocycles. The molecule has 4 rings (SSSR count). The SMILES string of the molecule is CCCOc1cccc(/C(O)=C2/C(=O)C(=O)N(c3ccc(C)c(C)c3)C2c2ccco2)c1. The molecule has 1 atom stereocenters. The zero-order chi connectivity index (χ0) is 22.8. The van der Waals surface area contributed by atoms with Crippen molar-refractivity contribution < 1.29 is 23.8 Å². The van der Waals surface area contributed by atoms with Gasteiger partial charge in [-0.15, -0.1) is 0 Å². The first-order valence-corrected chi connectivity index (χ1v) is 10.6. The highest BCUT2D eigenvalue weighted by molar-refractivity contribution is 6.51. The van der Waals surface area contributed by atoms with Crippen LogP contribution in [0, 0.1) is 13.8 Å². The number of rotatable bonds is 6. The maximum Gasteiger partial charge on any atom is 0.300 e. The van der Waals surface area contributed by atoms with Crippen molar-refractivity contribution in [2.24, 2.45) is 0 Å². The van der Waals surface area contributed by atoms with Crippen molar-refractivity contribution in [3.8, 4) is 5.75 Å². The molecule has 1 aromatic heterocycles. The third-order valence-electron chi connectivity index (χ3n) is 5.61. The molecule has 2 aromatic carbocycles. The highest BCUT2D eigenvalue weighted by Gasteiger charge is 2.48. The minimum Gasteiger partial charge on any atom is -0.507 e. The molecule has 0 radical (unpaired) electrons. The summed E-state index contributed by atoms with van der Waals surface area (Å²) in [6.45, 7) is 6.46. The molecule has 1 aliphatic rings. The summed E-state index contributed by atoms with van der Waals surface area (Å²) in [6, 6.07) is 14.9. The number of Topliss-reactive ketones (excluding diaryl/α,β-unsaturated/α-hetero) is 1. The van der Waals surface area contributed by atoms with E-state index in [2.05, 4.69) is 0 Å². The van der Waals surface area contributed by atoms with E-state index < -0.39 is 17.7 Å². The molecule has 1 aliphatic heterocycles. The van der Waals surface area contributed by atoms with E-state index in [1.165, 1.54) is 11.2 Å². The minimum atomic E-state index is -0.882. The van der Waals surface area contributed by atoms with Gasteiger partial charge in [-0.1, -0.05) is 25.1 Å². The van der Waals surface area contributed by atoms with Crippen molar-refractivity contribution >= 4 is 23.1 Å². The second kappa shape index (κ2) is 8.75. The Balaban J connectivity index is 1.86. The van der Waals surface area contributed by atoms with Crippen molar-refractivity contribution in [2.75, 3.05) is 11.5 Å². The van der Waals surface area contributed by atoms with Gasteiger partial charge in [-0.25, -0.2) is 0 Å². The van der Waals surface area contributed by atoms with Crippen LogP contribution >= 0.6 is 0 Å². The number of furan rings is 1. The topological polar surface area (TPSA) is 80.0 Å². The molecule has 6 heteroatoms. The number of benzene rings is 2. The monoisotopic (exact) mass is 431 g/mol. The summed E-state index contributed by atoms with van der Waals surface area (Å²) >= 11 is 0. The molecule has 164 valence electrons. The number of ether oxygens (including phenoxy) is 1. The van der Waals surface area contributed by atoms with Crippen molar-refractivity contribution in [3.05, 3.63) is 88.9 Å². The number of anilines is 1. The zero-order valence-electron chi connectivity index (χ0n) is 18.3. The first-order valence-electron chi connectivity index (χ1n) is 10.6. The van der Waals surface area contributed by atoms with Gasteiger partial charge in [-0.2, -0.15) is 0 Å². The number of amides is 1. The number of nitrogens with zero attached hydrogens (tertiary/aromatic N) is 1. The molecule has 6 nitrogen and oxygen atoms in total. The Morgan fingerprint density at radius 2 is 1.88 bits per heavy atom. The van der Waals surface area contributed by atoms with Crippen molar-refractivity contribution in [3.63, 3.8) is 0 Å². The van der Waals surface area contributed by atoms with Crippen LogP contribution < -0.4 is 9.64 Å². The fourth-order valence-electron chi connectivity index (χ4n) is 3.80. The van der Waals surface area contributed by atoms with Gasteiger partial charge >= 0.3 is 0 Å². The van der Waals surface area contributed by atoms with E-state index in [4.69, 9.17) is 9.15 Å². The van der Waals surface area contributed by atoms with Crippen LogP contribution in [0.15, 0.2) is 70.9 Å². The molecule has 1 unspecified atom stereocenters. The van der Waals surface area contributed by atoms with Gasteiger partial charge in [0.25, 0.3) is 11.7 Å². The predicted octanol–water partition coefficient (Wildman–Crippen LogP) is 5.31. The smallest absolute Gasteiger partial charge is 0.300 e. The molecule has 0 bridgehead atoms. The second-order valence-corrected chi connectivity index (χ2v) is 7.83. The Kier molecular flexibility index (Phi) is 5.86. The summed E-state index contributed by atoms with van der Waals surface area (Å²) in [5.74, 6) is -0.772. The van der Waals surface area contributed by atoms with Gasteiger partial charge in [-0.3, -0.25) is 14.5 Å². The zero-order valence-corrected chi connectivity index (χ0v) is 18.3. The number of hydrogen-bond acceptors (Lipinski definition) is 5. The van der Waals surface area contributed by atoms with Gasteiger partial charge in [-0.05, 0) is 67.8 Å². The molecule has 0 saturated carbocycles. The lowest BCUT2D eigenvalue weighted by Gasteiger charge is -2.24. The summed E-state index contributed by atoms with van der Waals surface area (Å²) in [7, 11) is 0. The Bertz CT molecular complexity index is 1190. The second-order valence-electron chi connectivity index (χ2n) is 7.83. The van der Waals surface area contributed by atoms with Gasteiger partial charge < -0.3 is 14.3 Å². The molecule has 1 fully saturated rings. The third kappa shape index (κ3) is 3.80. The molecule has 1 N–H and O–H groups in total. The summed E-state index contributed by atoms with van der Waals surface area (Å²) in [4.78, 5) is 27.6. The lowest BCUT2D eigenvalue weighted by molar-refractivity contribution is -0.132. The Labute approximate surface area is 186 Å². The van der Waals surface area contributed by atoms with Crippen LogP contribution in [0.25, 0.3) is 5.76 Å². The molecule has 0 aliphatic carbocycles. The van der Waals surface area contributed by atoms with Crippen LogP contribution in [0.3, 0.4) is 0 Å². The average Bonchev–Trinajstić information content (AvgIpc) is 3.41. The summed E-state index contributed by atoms with van der Waals surface area (Å²) in [5, 5.41) is 11.2. The van der Waals surface area contributed by atoms with Gasteiger partial charge in [0.2, 0.25) is 0 Å². The van der Waals surface area contributed by atoms with Crippen LogP contribution in [0.5, 0.6) is 5.75 Å². The highest BCUT2D eigenvalue weighted by Crippen LogP contribution is 2.42. The van der Waals surface area contributed by atoms with Gasteiger partial charge in [0.15, 0.2) is 0 Å². The first kappa shape index (κ1) is 21.4. The molecule has 2 heterocycles. The van der Waals surface area contributed by atoms with Crippen LogP contribution in [-0.2, 0) is 9.59 Å². The van der Waals surface area contributed by atoms with E-state index in [-0.39, 0.29) is 11.3 Å². The first-order chi connectivity index (χ1) is 15.4. The maximum atomic E-state index is 13.1. The lowest BCUT2D eigenvalue weighted by atomic mass is 9.99. The summed E-state index contributed by atoms with van der Waals surface area (Å²) in [5.41, 5.74) is 3.01. The van der Waals surface area contributed by atoms with E-state index >= 15 is 0 Å². The van der Waals surface area contributed by atoms with E-state index in [0.717, 1.165) is 17.5 Å². The normalized spacial score (nSPS) is 17.7. The number of aryl methyl sites for hydroxylation is 2. The van der Waals surface area contributed by atoms with Crippen LogP contribution in [0.4, 0.5) is 5.69 Å². The van der Waals surface area contributed by atoms with E-state index in [1.807, 2.05) is 32.9 Å². The Morgan fingerprint density at radius 3 is 2.56 bits per heavy atom. The molecule has 32 heavy (non-hydrogen) atoms. The van der Waals surface area contributed by atoms with Crippen molar-refractivity contribution in [1.82, 2.24) is 0 Å². The largest absolute Gasteiger partial charge is 0.507 e. The number of aliphatic hydroxyl groups excluding tert-OH is 1. The number of carbonyl (C=O) groups excluding carboxylic acids is 2. The molecule has 3 aromatic rings. The Hall–Kier alpha value is -3.80. The number of carbonyl (C=O) groups is 2. The fraction of sp³-hybridized carbons (Fsp3) is 0.231. The Morgan fingerprint density at radius 1 is 1.06 bits per heavy atom. The number of aliphatic hydroxyl groups is 1. The summed E-state index contributed by atoms with van der Waals surface area (Å²) in [6.07, 6.45) is 2.32. The minimum absolute atomic E-state index is 0.0178. The van der Waals surface area contributed by atoms with Crippen molar-refractivity contribution in [2.45, 2.75) is 33.2 Å². The van der Waals surface area contributed by atoms with Gasteiger partial charge in [0.1, 0.15) is 23.3 Å². The van der Waals surface area contributed by atoms with E-state index in [1.54, 1.807) is 42.5 Å². The number of ketones is 1. The molecular formula is C26H25NO5. The predicted molar refractivity (Wildman–Crippen MR) is 122 cm³/mol. The quantitative estimate of drug-likeness (QED) is 0.325. The summed E-state index contributed by atoms with van der Waals surface area (Å²) < 4.78 is 11.3. The van der Waals surface area contributed by atoms with Crippen LogP contribution in [0.2, 0.25) is 0 Å². The molecule has 0 spiro atoms. The molecule has 1 amide bonds. The number of hydrogen-bond donors (Lipinski definition) is 1. The third-order valence-corrected chi connectivity index (χ3v) is 5.61. The molecular weight excluding hydrogens is 406 g/mol. The van der Waals surface area contributed by atoms with Crippen LogP contribution in [-0.4, -0.2) is 23.4 Å². The fourth-order valence-corrected chi connectivity index (χ4v) is 3.80. The van der Waals surface area contributed by atoms with Crippen molar-refractivity contribution in [1.29, 1.82) is 0 Å². The maximum absolute atomic E-state index is 13.1. The standard InChI is InChI=1S/C26H25NO5/c1-4-12-31-20-8-5-7-18(15-20)24(28)22-23(21-9-6-13-32-21)27(26(30)25(22)29)19-11-10-16(2)17(3)14-19/h5-11,13-15,23,28H,4,12H2,1-3H3/b24-22-. The van der Waals surface area contributed by atoms with Gasteiger partial charge in [0.05, 0.1) is 18.4 Å². The highest BCUT2D eigenvalue weighted by atomic mass is 16.5. The van der Waals surface area contributed by atoms with E-state index in [9.17, 15) is 14.7 Å². The van der Waals surface area contributed by atoms with Gasteiger partial charge in [0, 0.05) is 11.3 Å². The van der Waals surface area contributed by atoms with Crippen LogP contribution in [0.1, 0.15) is 41.8 Å². The lowest BCUT2D eigenvalue weighted by Crippen LogP contribution is -2.29. The van der Waals surface area contributed by atoms with E-state index in [0.29, 0.717) is 29.4 Å².